The van der Waals surface area contributed by atoms with Crippen LogP contribution in [0.1, 0.15) is 18.4 Å². The molecule has 0 aliphatic heterocycles. The van der Waals surface area contributed by atoms with Gasteiger partial charge in [0.25, 0.3) is 0 Å². The Balaban J connectivity index is 2.62. The number of aliphatic carboxylic acids is 1. The van der Waals surface area contributed by atoms with Crippen molar-refractivity contribution in [2.75, 3.05) is 5.73 Å². The van der Waals surface area contributed by atoms with E-state index in [1.807, 2.05) is 36.4 Å². The first-order valence-corrected chi connectivity index (χ1v) is 5.10. The SMILES string of the molecule is CC(C(=O)O)c1cc2ccccc2cc1N. The maximum Gasteiger partial charge on any atom is 0.310 e. The van der Waals surface area contributed by atoms with Gasteiger partial charge in [0, 0.05) is 5.69 Å². The number of nitrogens with two attached hydrogens (primary N) is 1. The van der Waals surface area contributed by atoms with E-state index >= 15 is 0 Å². The van der Waals surface area contributed by atoms with Gasteiger partial charge in [0.15, 0.2) is 0 Å². The van der Waals surface area contributed by atoms with Crippen molar-refractivity contribution in [1.82, 2.24) is 0 Å². The highest BCUT2D eigenvalue weighted by atomic mass is 16.4. The summed E-state index contributed by atoms with van der Waals surface area (Å²) in [6, 6.07) is 11.4. The van der Waals surface area contributed by atoms with Crippen LogP contribution >= 0.6 is 0 Å². The van der Waals surface area contributed by atoms with E-state index in [4.69, 9.17) is 10.8 Å². The van der Waals surface area contributed by atoms with Gasteiger partial charge < -0.3 is 10.8 Å². The summed E-state index contributed by atoms with van der Waals surface area (Å²) in [5.41, 5.74) is 7.07. The van der Waals surface area contributed by atoms with Gasteiger partial charge in [-0.2, -0.15) is 0 Å². The molecule has 3 heteroatoms. The van der Waals surface area contributed by atoms with Gasteiger partial charge in [-0.1, -0.05) is 24.3 Å². The number of fused-ring (bicyclic) bond motifs is 1. The van der Waals surface area contributed by atoms with Crippen LogP contribution < -0.4 is 5.73 Å². The highest BCUT2D eigenvalue weighted by Crippen LogP contribution is 2.27. The molecule has 3 N–H and O–H groups in total. The summed E-state index contributed by atoms with van der Waals surface area (Å²) in [5, 5.41) is 11.0. The van der Waals surface area contributed by atoms with E-state index in [0.29, 0.717) is 11.3 Å². The number of hydrogen-bond acceptors (Lipinski definition) is 2. The third-order valence-electron chi connectivity index (χ3n) is 2.79. The second-order valence-corrected chi connectivity index (χ2v) is 3.89. The molecular weight excluding hydrogens is 202 g/mol. The number of benzene rings is 2. The van der Waals surface area contributed by atoms with Gasteiger partial charge in [-0.15, -0.1) is 0 Å². The Labute approximate surface area is 93.5 Å². The molecule has 0 saturated heterocycles. The van der Waals surface area contributed by atoms with Crippen LogP contribution in [0.2, 0.25) is 0 Å². The normalized spacial score (nSPS) is 12.6. The molecule has 82 valence electrons. The standard InChI is InChI=1S/C13H13NO2/c1-8(13(15)16)11-6-9-4-2-3-5-10(9)7-12(11)14/h2-8H,14H2,1H3,(H,15,16). The fourth-order valence-corrected chi connectivity index (χ4v) is 1.78. The summed E-state index contributed by atoms with van der Waals surface area (Å²) in [4.78, 5) is 10.9. The number of carbonyl (C=O) groups is 1. The van der Waals surface area contributed by atoms with Gasteiger partial charge in [0.1, 0.15) is 0 Å². The Hall–Kier alpha value is -2.03. The Kier molecular flexibility index (Phi) is 2.52. The second kappa shape index (κ2) is 3.85. The topological polar surface area (TPSA) is 63.3 Å². The minimum atomic E-state index is -0.859. The fourth-order valence-electron chi connectivity index (χ4n) is 1.78. The minimum absolute atomic E-state index is 0.536. The Morgan fingerprint density at radius 2 is 1.81 bits per heavy atom. The summed E-state index contributed by atoms with van der Waals surface area (Å²) in [6.45, 7) is 1.64. The maximum atomic E-state index is 10.9. The summed E-state index contributed by atoms with van der Waals surface area (Å²) >= 11 is 0. The lowest BCUT2D eigenvalue weighted by Crippen LogP contribution is -2.09. The molecule has 0 radical (unpaired) electrons. The zero-order chi connectivity index (χ0) is 11.7. The van der Waals surface area contributed by atoms with Crippen molar-refractivity contribution >= 4 is 22.4 Å². The summed E-state index contributed by atoms with van der Waals surface area (Å²) in [5.74, 6) is -1.44. The lowest BCUT2D eigenvalue weighted by Gasteiger charge is -2.11. The molecule has 1 atom stereocenters. The van der Waals surface area contributed by atoms with Crippen molar-refractivity contribution in [2.24, 2.45) is 0 Å². The highest BCUT2D eigenvalue weighted by Gasteiger charge is 2.16. The third kappa shape index (κ3) is 1.72. The molecule has 0 aliphatic rings. The molecule has 2 aromatic rings. The van der Waals surface area contributed by atoms with Crippen LogP contribution in [-0.4, -0.2) is 11.1 Å². The summed E-state index contributed by atoms with van der Waals surface area (Å²) in [7, 11) is 0. The molecule has 0 fully saturated rings. The van der Waals surface area contributed by atoms with Gasteiger partial charge in [0.2, 0.25) is 0 Å². The van der Waals surface area contributed by atoms with E-state index in [1.54, 1.807) is 6.92 Å². The van der Waals surface area contributed by atoms with Crippen molar-refractivity contribution in [3.63, 3.8) is 0 Å². The molecule has 2 aromatic carbocycles. The molecule has 0 heterocycles. The van der Waals surface area contributed by atoms with Crippen molar-refractivity contribution < 1.29 is 9.90 Å². The van der Waals surface area contributed by atoms with Crippen molar-refractivity contribution in [3.05, 3.63) is 42.0 Å². The predicted molar refractivity (Wildman–Crippen MR) is 64.4 cm³/mol. The van der Waals surface area contributed by atoms with Gasteiger partial charge in [-0.3, -0.25) is 4.79 Å². The molecule has 0 amide bonds. The van der Waals surface area contributed by atoms with Crippen LogP contribution in [0, 0.1) is 0 Å². The van der Waals surface area contributed by atoms with E-state index in [1.165, 1.54) is 0 Å². The van der Waals surface area contributed by atoms with Crippen molar-refractivity contribution in [1.29, 1.82) is 0 Å². The van der Waals surface area contributed by atoms with E-state index in [9.17, 15) is 4.79 Å². The molecule has 0 aliphatic carbocycles. The third-order valence-corrected chi connectivity index (χ3v) is 2.79. The first kappa shape index (κ1) is 10.5. The predicted octanol–water partition coefficient (Wildman–Crippen LogP) is 2.61. The average molecular weight is 215 g/mol. The smallest absolute Gasteiger partial charge is 0.310 e. The minimum Gasteiger partial charge on any atom is -0.481 e. The van der Waals surface area contributed by atoms with Crippen LogP contribution in [0.5, 0.6) is 0 Å². The monoisotopic (exact) mass is 215 g/mol. The summed E-state index contributed by atoms with van der Waals surface area (Å²) < 4.78 is 0. The van der Waals surface area contributed by atoms with Crippen LogP contribution in [0.25, 0.3) is 10.8 Å². The van der Waals surface area contributed by atoms with Gasteiger partial charge in [0.05, 0.1) is 5.92 Å². The zero-order valence-electron chi connectivity index (χ0n) is 8.97. The Bertz CT molecular complexity index is 549. The largest absolute Gasteiger partial charge is 0.481 e. The van der Waals surface area contributed by atoms with Gasteiger partial charge >= 0.3 is 5.97 Å². The first-order valence-electron chi connectivity index (χ1n) is 5.10. The highest BCUT2D eigenvalue weighted by molar-refractivity contribution is 5.89. The number of hydrogen-bond donors (Lipinski definition) is 2. The number of carboxylic acids is 1. The Morgan fingerprint density at radius 1 is 1.25 bits per heavy atom. The van der Waals surface area contributed by atoms with E-state index in [2.05, 4.69) is 0 Å². The van der Waals surface area contributed by atoms with Crippen molar-refractivity contribution in [3.8, 4) is 0 Å². The van der Waals surface area contributed by atoms with E-state index in [-0.39, 0.29) is 0 Å². The van der Waals surface area contributed by atoms with Gasteiger partial charge in [-0.25, -0.2) is 0 Å². The molecule has 16 heavy (non-hydrogen) atoms. The summed E-state index contributed by atoms with van der Waals surface area (Å²) in [6.07, 6.45) is 0. The number of nitrogen functional groups attached to an aromatic ring is 1. The maximum absolute atomic E-state index is 10.9. The number of carboxylic acid groups (broad SMARTS) is 1. The van der Waals surface area contributed by atoms with E-state index in [0.717, 1.165) is 10.8 Å². The van der Waals surface area contributed by atoms with Crippen LogP contribution in [0.3, 0.4) is 0 Å². The quantitative estimate of drug-likeness (QED) is 0.757. The van der Waals surface area contributed by atoms with Crippen LogP contribution in [0.15, 0.2) is 36.4 Å². The van der Waals surface area contributed by atoms with E-state index < -0.39 is 11.9 Å². The molecule has 2 rings (SSSR count). The molecular formula is C13H13NO2. The average Bonchev–Trinajstić information content (AvgIpc) is 2.27. The molecule has 0 spiro atoms. The fraction of sp³-hybridized carbons (Fsp3) is 0.154. The molecule has 0 saturated carbocycles. The lowest BCUT2D eigenvalue weighted by atomic mass is 9.96. The van der Waals surface area contributed by atoms with Gasteiger partial charge in [-0.05, 0) is 35.4 Å². The van der Waals surface area contributed by atoms with Crippen LogP contribution in [0.4, 0.5) is 5.69 Å². The number of rotatable bonds is 2. The molecule has 1 unspecified atom stereocenters. The first-order chi connectivity index (χ1) is 7.59. The van der Waals surface area contributed by atoms with Crippen molar-refractivity contribution in [2.45, 2.75) is 12.8 Å². The number of anilines is 1. The zero-order valence-corrected chi connectivity index (χ0v) is 8.97. The molecule has 0 aromatic heterocycles. The van der Waals surface area contributed by atoms with Crippen LogP contribution in [-0.2, 0) is 4.79 Å². The second-order valence-electron chi connectivity index (χ2n) is 3.89. The molecule has 0 bridgehead atoms. The molecule has 3 nitrogen and oxygen atoms in total. The lowest BCUT2D eigenvalue weighted by molar-refractivity contribution is -0.138. The Morgan fingerprint density at radius 3 is 2.38 bits per heavy atom.